The number of anilines is 1. The third-order valence-corrected chi connectivity index (χ3v) is 2.70. The molecule has 20 heavy (non-hydrogen) atoms. The van der Waals surface area contributed by atoms with Crippen molar-refractivity contribution in [2.75, 3.05) is 31.2 Å². The van der Waals surface area contributed by atoms with Gasteiger partial charge in [-0.1, -0.05) is 0 Å². The lowest BCUT2D eigenvalue weighted by molar-refractivity contribution is -0.141. The van der Waals surface area contributed by atoms with Crippen LogP contribution in [0.25, 0.3) is 5.52 Å². The summed E-state index contributed by atoms with van der Waals surface area (Å²) in [4.78, 5) is 5.51. The average molecular weight is 290 g/mol. The molecule has 0 atom stereocenters. The Kier molecular flexibility index (Phi) is 4.09. The van der Waals surface area contributed by atoms with Crippen LogP contribution in [0.15, 0.2) is 18.5 Å². The van der Waals surface area contributed by atoms with Gasteiger partial charge in [0.1, 0.15) is 5.52 Å². The van der Waals surface area contributed by atoms with E-state index >= 15 is 0 Å². The zero-order valence-corrected chi connectivity index (χ0v) is 10.4. The number of aliphatic hydroxyl groups is 2. The maximum Gasteiger partial charge on any atom is 0.435 e. The van der Waals surface area contributed by atoms with Gasteiger partial charge in [0.05, 0.1) is 13.2 Å². The Labute approximate surface area is 112 Å². The van der Waals surface area contributed by atoms with Crippen LogP contribution in [-0.2, 0) is 6.18 Å². The summed E-state index contributed by atoms with van der Waals surface area (Å²) in [6.07, 6.45) is -1.91. The molecule has 0 bridgehead atoms. The van der Waals surface area contributed by atoms with Crippen molar-refractivity contribution in [3.8, 4) is 0 Å². The van der Waals surface area contributed by atoms with Gasteiger partial charge in [-0.25, -0.2) is 9.50 Å². The molecule has 9 heteroatoms. The van der Waals surface area contributed by atoms with Crippen LogP contribution in [0.1, 0.15) is 5.69 Å². The van der Waals surface area contributed by atoms with Crippen LogP contribution in [0, 0.1) is 0 Å². The Hall–Kier alpha value is -1.87. The summed E-state index contributed by atoms with van der Waals surface area (Å²) < 4.78 is 39.1. The minimum atomic E-state index is -4.54. The van der Waals surface area contributed by atoms with E-state index in [0.717, 1.165) is 10.6 Å². The normalized spacial score (nSPS) is 12.1. The lowest BCUT2D eigenvalue weighted by atomic mass is 10.3. The van der Waals surface area contributed by atoms with Crippen LogP contribution in [0.3, 0.4) is 0 Å². The van der Waals surface area contributed by atoms with Crippen LogP contribution in [-0.4, -0.2) is 51.1 Å². The largest absolute Gasteiger partial charge is 0.435 e. The average Bonchev–Trinajstić information content (AvgIpc) is 2.82. The number of hydrogen-bond donors (Lipinski definition) is 2. The van der Waals surface area contributed by atoms with E-state index in [4.69, 9.17) is 10.2 Å². The third-order valence-electron chi connectivity index (χ3n) is 2.70. The van der Waals surface area contributed by atoms with Crippen LogP contribution in [0.2, 0.25) is 0 Å². The predicted molar refractivity (Wildman–Crippen MR) is 64.4 cm³/mol. The van der Waals surface area contributed by atoms with Gasteiger partial charge in [0.15, 0.2) is 11.5 Å². The Morgan fingerprint density at radius 3 is 2.40 bits per heavy atom. The molecular weight excluding hydrogens is 277 g/mol. The van der Waals surface area contributed by atoms with E-state index in [2.05, 4.69) is 10.1 Å². The van der Waals surface area contributed by atoms with Crippen molar-refractivity contribution in [1.82, 2.24) is 14.6 Å². The molecule has 0 spiro atoms. The van der Waals surface area contributed by atoms with Gasteiger partial charge >= 0.3 is 6.18 Å². The van der Waals surface area contributed by atoms with Gasteiger partial charge in [-0.2, -0.15) is 18.3 Å². The number of alkyl halides is 3. The first-order valence-electron chi connectivity index (χ1n) is 5.85. The fourth-order valence-corrected chi connectivity index (χ4v) is 1.86. The van der Waals surface area contributed by atoms with Crippen molar-refractivity contribution >= 4 is 11.3 Å². The van der Waals surface area contributed by atoms with Crippen molar-refractivity contribution in [1.29, 1.82) is 0 Å². The highest BCUT2D eigenvalue weighted by molar-refractivity contribution is 5.69. The first-order chi connectivity index (χ1) is 9.47. The van der Waals surface area contributed by atoms with Crippen molar-refractivity contribution in [3.05, 3.63) is 24.2 Å². The zero-order chi connectivity index (χ0) is 14.8. The molecule has 2 rings (SSSR count). The topological polar surface area (TPSA) is 73.9 Å². The number of hydrogen-bond acceptors (Lipinski definition) is 5. The van der Waals surface area contributed by atoms with Gasteiger partial charge in [-0.05, 0) is 0 Å². The summed E-state index contributed by atoms with van der Waals surface area (Å²) in [5, 5.41) is 21.4. The number of aliphatic hydroxyl groups excluding tert-OH is 2. The van der Waals surface area contributed by atoms with Gasteiger partial charge in [0.2, 0.25) is 0 Å². The molecular formula is C11H13F3N4O2. The van der Waals surface area contributed by atoms with Crippen LogP contribution < -0.4 is 4.90 Å². The lowest BCUT2D eigenvalue weighted by Gasteiger charge is -2.22. The lowest BCUT2D eigenvalue weighted by Crippen LogP contribution is -2.30. The highest BCUT2D eigenvalue weighted by Gasteiger charge is 2.34. The third kappa shape index (κ3) is 2.83. The number of aromatic nitrogens is 3. The first-order valence-corrected chi connectivity index (χ1v) is 5.85. The molecule has 2 heterocycles. The molecule has 0 unspecified atom stereocenters. The Balaban J connectivity index is 2.50. The smallest absolute Gasteiger partial charge is 0.395 e. The summed E-state index contributed by atoms with van der Waals surface area (Å²) in [6, 6.07) is 0.893. The zero-order valence-electron chi connectivity index (χ0n) is 10.4. The minimum Gasteiger partial charge on any atom is -0.395 e. The van der Waals surface area contributed by atoms with E-state index in [-0.39, 0.29) is 37.6 Å². The van der Waals surface area contributed by atoms with E-state index in [1.54, 1.807) is 0 Å². The maximum absolute atomic E-state index is 12.7. The SMILES string of the molecule is OCCN(CCO)c1nccn2nc(C(F)(F)F)cc12. The number of rotatable bonds is 5. The summed E-state index contributed by atoms with van der Waals surface area (Å²) in [5.74, 6) is 0.235. The standard InChI is InChI=1S/C11H13F3N4O2/c12-11(13,14)9-7-8-10(15-1-2-18(8)16-9)17(3-5-19)4-6-20/h1-2,7,19-20H,3-6H2. The molecule has 2 N–H and O–H groups in total. The first kappa shape index (κ1) is 14.5. The summed E-state index contributed by atoms with van der Waals surface area (Å²) in [6.45, 7) is -0.106. The Morgan fingerprint density at radius 1 is 1.20 bits per heavy atom. The predicted octanol–water partition coefficient (Wildman–Crippen LogP) is 0.539. The van der Waals surface area contributed by atoms with Crippen LogP contribution in [0.5, 0.6) is 0 Å². The molecule has 6 nitrogen and oxygen atoms in total. The molecule has 0 aliphatic carbocycles. The van der Waals surface area contributed by atoms with Gasteiger partial charge in [0, 0.05) is 31.5 Å². The number of fused-ring (bicyclic) bond motifs is 1. The summed E-state index contributed by atoms with van der Waals surface area (Å²) in [5.41, 5.74) is -0.846. The second-order valence-corrected chi connectivity index (χ2v) is 4.04. The number of nitrogens with zero attached hydrogens (tertiary/aromatic N) is 4. The molecule has 110 valence electrons. The monoisotopic (exact) mass is 290 g/mol. The minimum absolute atomic E-state index is 0.153. The second kappa shape index (κ2) is 5.63. The Bertz CT molecular complexity index is 579. The van der Waals surface area contributed by atoms with Crippen LogP contribution in [0.4, 0.5) is 19.0 Å². The van der Waals surface area contributed by atoms with E-state index in [0.29, 0.717) is 0 Å². The second-order valence-electron chi connectivity index (χ2n) is 4.04. The van der Waals surface area contributed by atoms with E-state index < -0.39 is 11.9 Å². The summed E-state index contributed by atoms with van der Waals surface area (Å²) in [7, 11) is 0. The van der Waals surface area contributed by atoms with Crippen molar-refractivity contribution in [2.24, 2.45) is 0 Å². The highest BCUT2D eigenvalue weighted by Crippen LogP contribution is 2.30. The molecule has 0 saturated heterocycles. The molecule has 0 radical (unpaired) electrons. The molecule has 0 aliphatic rings. The van der Waals surface area contributed by atoms with Crippen molar-refractivity contribution in [2.45, 2.75) is 6.18 Å². The van der Waals surface area contributed by atoms with Gasteiger partial charge in [-0.15, -0.1) is 0 Å². The van der Waals surface area contributed by atoms with Gasteiger partial charge in [-0.3, -0.25) is 0 Å². The van der Waals surface area contributed by atoms with Gasteiger partial charge in [0.25, 0.3) is 0 Å². The molecule has 0 amide bonds. The Morgan fingerprint density at radius 2 is 1.85 bits per heavy atom. The van der Waals surface area contributed by atoms with E-state index in [1.807, 2.05) is 0 Å². The molecule has 2 aromatic heterocycles. The summed E-state index contributed by atoms with van der Waals surface area (Å²) >= 11 is 0. The molecule has 0 fully saturated rings. The number of halogens is 3. The quantitative estimate of drug-likeness (QED) is 0.840. The highest BCUT2D eigenvalue weighted by atomic mass is 19.4. The molecule has 0 saturated carbocycles. The van der Waals surface area contributed by atoms with E-state index in [9.17, 15) is 13.2 Å². The molecule has 2 aromatic rings. The fraction of sp³-hybridized carbons (Fsp3) is 0.455. The van der Waals surface area contributed by atoms with E-state index in [1.165, 1.54) is 17.3 Å². The molecule has 0 aromatic carbocycles. The van der Waals surface area contributed by atoms with Crippen molar-refractivity contribution in [3.63, 3.8) is 0 Å². The van der Waals surface area contributed by atoms with Crippen LogP contribution >= 0.6 is 0 Å². The maximum atomic E-state index is 12.7. The van der Waals surface area contributed by atoms with Crippen molar-refractivity contribution < 1.29 is 23.4 Å². The molecule has 0 aliphatic heterocycles. The van der Waals surface area contributed by atoms with Gasteiger partial charge < -0.3 is 15.1 Å². The fourth-order valence-electron chi connectivity index (χ4n) is 1.86.